The molecule has 130 valence electrons. The van der Waals surface area contributed by atoms with Crippen molar-refractivity contribution in [3.8, 4) is 0 Å². The fourth-order valence-corrected chi connectivity index (χ4v) is 3.35. The SMILES string of the molecule is O=C(c1ccc(NCc2ccccc2Cl)cn1)N1CCc2ccccc21. The quantitative estimate of drug-likeness (QED) is 0.739. The van der Waals surface area contributed by atoms with Gasteiger partial charge in [-0.25, -0.2) is 4.98 Å². The summed E-state index contributed by atoms with van der Waals surface area (Å²) >= 11 is 6.17. The molecule has 4 nitrogen and oxygen atoms in total. The van der Waals surface area contributed by atoms with Crippen molar-refractivity contribution in [1.29, 1.82) is 0 Å². The maximum atomic E-state index is 12.8. The summed E-state index contributed by atoms with van der Waals surface area (Å²) in [5.41, 5.74) is 4.51. The maximum Gasteiger partial charge on any atom is 0.276 e. The molecule has 1 N–H and O–H groups in total. The van der Waals surface area contributed by atoms with E-state index in [2.05, 4.69) is 16.4 Å². The molecule has 0 atom stereocenters. The highest BCUT2D eigenvalue weighted by Gasteiger charge is 2.25. The highest BCUT2D eigenvalue weighted by Crippen LogP contribution is 2.28. The minimum atomic E-state index is -0.0624. The number of benzene rings is 2. The Labute approximate surface area is 157 Å². The molecule has 2 aromatic carbocycles. The molecule has 0 fully saturated rings. The molecule has 1 aliphatic rings. The predicted octanol–water partition coefficient (Wildman–Crippen LogP) is 4.55. The van der Waals surface area contributed by atoms with Crippen molar-refractivity contribution >= 4 is 28.9 Å². The van der Waals surface area contributed by atoms with Gasteiger partial charge in [-0.05, 0) is 41.8 Å². The van der Waals surface area contributed by atoms with Crippen molar-refractivity contribution in [2.45, 2.75) is 13.0 Å². The number of hydrogen-bond donors (Lipinski definition) is 1. The van der Waals surface area contributed by atoms with E-state index in [1.54, 1.807) is 17.2 Å². The van der Waals surface area contributed by atoms with Gasteiger partial charge in [-0.2, -0.15) is 0 Å². The Morgan fingerprint density at radius 1 is 1.08 bits per heavy atom. The molecule has 0 unspecified atom stereocenters. The number of hydrogen-bond acceptors (Lipinski definition) is 3. The Morgan fingerprint density at radius 2 is 1.88 bits per heavy atom. The summed E-state index contributed by atoms with van der Waals surface area (Å²) in [4.78, 5) is 18.9. The van der Waals surface area contributed by atoms with Gasteiger partial charge in [0.1, 0.15) is 5.69 Å². The minimum Gasteiger partial charge on any atom is -0.380 e. The van der Waals surface area contributed by atoms with Crippen LogP contribution >= 0.6 is 11.6 Å². The molecule has 1 aromatic heterocycles. The predicted molar refractivity (Wildman–Crippen MR) is 105 cm³/mol. The van der Waals surface area contributed by atoms with Crippen LogP contribution in [0, 0.1) is 0 Å². The minimum absolute atomic E-state index is 0.0624. The monoisotopic (exact) mass is 363 g/mol. The summed E-state index contributed by atoms with van der Waals surface area (Å²) in [6.07, 6.45) is 2.57. The number of nitrogens with zero attached hydrogens (tertiary/aromatic N) is 2. The van der Waals surface area contributed by atoms with Crippen LogP contribution in [0.15, 0.2) is 66.9 Å². The zero-order valence-corrected chi connectivity index (χ0v) is 14.9. The van der Waals surface area contributed by atoms with E-state index in [4.69, 9.17) is 11.6 Å². The molecule has 2 heterocycles. The number of aromatic nitrogens is 1. The van der Waals surface area contributed by atoms with Crippen LogP contribution in [-0.4, -0.2) is 17.4 Å². The normalized spacial score (nSPS) is 12.7. The zero-order chi connectivity index (χ0) is 17.9. The summed E-state index contributed by atoms with van der Waals surface area (Å²) in [5, 5.41) is 4.01. The maximum absolute atomic E-state index is 12.8. The Hall–Kier alpha value is -2.85. The third-order valence-corrected chi connectivity index (χ3v) is 4.92. The molecule has 3 aromatic rings. The second-order valence-corrected chi connectivity index (χ2v) is 6.62. The molecule has 0 saturated carbocycles. The molecule has 1 aliphatic heterocycles. The van der Waals surface area contributed by atoms with Crippen LogP contribution < -0.4 is 10.2 Å². The Bertz CT molecular complexity index is 940. The van der Waals surface area contributed by atoms with Crippen molar-refractivity contribution in [1.82, 2.24) is 4.98 Å². The second-order valence-electron chi connectivity index (χ2n) is 6.21. The number of nitrogens with one attached hydrogen (secondary N) is 1. The number of pyridine rings is 1. The molecular weight excluding hydrogens is 346 g/mol. The number of carbonyl (C=O) groups is 1. The lowest BCUT2D eigenvalue weighted by molar-refractivity contribution is 0.0984. The molecule has 0 saturated heterocycles. The van der Waals surface area contributed by atoms with Crippen LogP contribution in [0.4, 0.5) is 11.4 Å². The third kappa shape index (κ3) is 3.28. The average molecular weight is 364 g/mol. The van der Waals surface area contributed by atoms with Crippen molar-refractivity contribution in [2.75, 3.05) is 16.8 Å². The molecule has 0 radical (unpaired) electrons. The lowest BCUT2D eigenvalue weighted by atomic mass is 10.2. The van der Waals surface area contributed by atoms with E-state index >= 15 is 0 Å². The van der Waals surface area contributed by atoms with E-state index in [0.717, 1.165) is 28.4 Å². The fraction of sp³-hybridized carbons (Fsp3) is 0.143. The smallest absolute Gasteiger partial charge is 0.276 e. The van der Waals surface area contributed by atoms with E-state index in [-0.39, 0.29) is 5.91 Å². The first-order chi connectivity index (χ1) is 12.7. The first-order valence-electron chi connectivity index (χ1n) is 8.55. The van der Waals surface area contributed by atoms with Crippen molar-refractivity contribution in [2.24, 2.45) is 0 Å². The Balaban J connectivity index is 1.45. The Morgan fingerprint density at radius 3 is 2.69 bits per heavy atom. The van der Waals surface area contributed by atoms with Crippen molar-refractivity contribution in [3.63, 3.8) is 0 Å². The van der Waals surface area contributed by atoms with Gasteiger partial charge in [0, 0.05) is 23.8 Å². The van der Waals surface area contributed by atoms with E-state index < -0.39 is 0 Å². The highest BCUT2D eigenvalue weighted by atomic mass is 35.5. The molecular formula is C21H18ClN3O. The van der Waals surface area contributed by atoms with Crippen molar-refractivity contribution < 1.29 is 4.79 Å². The van der Waals surface area contributed by atoms with Gasteiger partial charge in [0.2, 0.25) is 0 Å². The van der Waals surface area contributed by atoms with E-state index in [1.165, 1.54) is 5.56 Å². The summed E-state index contributed by atoms with van der Waals surface area (Å²) in [6.45, 7) is 1.31. The number of fused-ring (bicyclic) bond motifs is 1. The van der Waals surface area contributed by atoms with Crippen molar-refractivity contribution in [3.05, 3.63) is 88.7 Å². The molecule has 26 heavy (non-hydrogen) atoms. The van der Waals surface area contributed by atoms with Gasteiger partial charge in [-0.3, -0.25) is 4.79 Å². The number of rotatable bonds is 4. The van der Waals surface area contributed by atoms with Crippen LogP contribution in [0.2, 0.25) is 5.02 Å². The summed E-state index contributed by atoms with van der Waals surface area (Å²) in [5.74, 6) is -0.0624. The first kappa shape index (κ1) is 16.6. The molecule has 0 aliphatic carbocycles. The summed E-state index contributed by atoms with van der Waals surface area (Å²) < 4.78 is 0. The first-order valence-corrected chi connectivity index (χ1v) is 8.93. The number of anilines is 2. The molecule has 0 spiro atoms. The fourth-order valence-electron chi connectivity index (χ4n) is 3.15. The van der Waals surface area contributed by atoms with E-state index in [9.17, 15) is 4.79 Å². The number of carbonyl (C=O) groups excluding carboxylic acids is 1. The molecule has 5 heteroatoms. The van der Waals surface area contributed by atoms with E-state index in [0.29, 0.717) is 18.8 Å². The van der Waals surface area contributed by atoms with Crippen LogP contribution in [0.3, 0.4) is 0 Å². The Kier molecular flexibility index (Phi) is 4.59. The third-order valence-electron chi connectivity index (χ3n) is 4.56. The highest BCUT2D eigenvalue weighted by molar-refractivity contribution is 6.31. The lowest BCUT2D eigenvalue weighted by Crippen LogP contribution is -2.29. The van der Waals surface area contributed by atoms with Gasteiger partial charge in [-0.15, -0.1) is 0 Å². The summed E-state index contributed by atoms with van der Waals surface area (Å²) in [6, 6.07) is 19.4. The second kappa shape index (κ2) is 7.18. The van der Waals surface area contributed by atoms with Gasteiger partial charge in [-0.1, -0.05) is 48.0 Å². The standard InChI is InChI=1S/C21H18ClN3O/c22-18-7-3-1-6-16(18)13-23-17-9-10-19(24-14-17)21(26)25-12-11-15-5-2-4-8-20(15)25/h1-10,14,23H,11-13H2. The zero-order valence-electron chi connectivity index (χ0n) is 14.2. The molecule has 1 amide bonds. The van der Waals surface area contributed by atoms with Crippen LogP contribution in [-0.2, 0) is 13.0 Å². The molecule has 4 rings (SSSR count). The van der Waals surface area contributed by atoms with Gasteiger partial charge in [0.25, 0.3) is 5.91 Å². The van der Waals surface area contributed by atoms with Crippen LogP contribution in [0.25, 0.3) is 0 Å². The number of halogens is 1. The van der Waals surface area contributed by atoms with E-state index in [1.807, 2.05) is 48.5 Å². The number of amides is 1. The van der Waals surface area contributed by atoms with Gasteiger partial charge in [0.15, 0.2) is 0 Å². The van der Waals surface area contributed by atoms with Crippen LogP contribution in [0.1, 0.15) is 21.6 Å². The molecule has 0 bridgehead atoms. The summed E-state index contributed by atoms with van der Waals surface area (Å²) in [7, 11) is 0. The van der Waals surface area contributed by atoms with Gasteiger partial charge < -0.3 is 10.2 Å². The average Bonchev–Trinajstić information content (AvgIpc) is 3.11. The van der Waals surface area contributed by atoms with Crippen LogP contribution in [0.5, 0.6) is 0 Å². The van der Waals surface area contributed by atoms with Gasteiger partial charge >= 0.3 is 0 Å². The lowest BCUT2D eigenvalue weighted by Gasteiger charge is -2.17. The largest absolute Gasteiger partial charge is 0.380 e. The van der Waals surface area contributed by atoms with Gasteiger partial charge in [0.05, 0.1) is 11.9 Å². The number of para-hydroxylation sites is 1. The topological polar surface area (TPSA) is 45.2 Å².